The molecule has 0 aliphatic carbocycles. The Bertz CT molecular complexity index is 117. The molecule has 0 unspecified atom stereocenters. The van der Waals surface area contributed by atoms with Gasteiger partial charge in [-0.25, -0.2) is 0 Å². The Kier molecular flexibility index (Phi) is 18.7. The molecule has 0 atom stereocenters. The van der Waals surface area contributed by atoms with Crippen LogP contribution in [-0.4, -0.2) is 70.1 Å². The number of hydrogen-bond acceptors (Lipinski definition) is 5. The van der Waals surface area contributed by atoms with Crippen LogP contribution in [0.15, 0.2) is 0 Å². The van der Waals surface area contributed by atoms with Crippen molar-refractivity contribution in [3.8, 4) is 0 Å². The van der Waals surface area contributed by atoms with Crippen LogP contribution in [0.4, 0.5) is 0 Å². The van der Waals surface area contributed by atoms with Crippen LogP contribution in [0.3, 0.4) is 0 Å². The van der Waals surface area contributed by atoms with Gasteiger partial charge in [0.2, 0.25) is 0 Å². The van der Waals surface area contributed by atoms with Gasteiger partial charge < -0.3 is 23.8 Å². The van der Waals surface area contributed by atoms with E-state index < -0.39 is 8.60 Å². The molecule has 0 spiro atoms. The van der Waals surface area contributed by atoms with Crippen molar-refractivity contribution in [3.05, 3.63) is 0 Å². The van der Waals surface area contributed by atoms with Gasteiger partial charge in [-0.15, -0.1) is 0 Å². The van der Waals surface area contributed by atoms with Crippen molar-refractivity contribution in [3.63, 3.8) is 0 Å². The first kappa shape index (κ1) is 18.5. The van der Waals surface area contributed by atoms with Crippen LogP contribution in [0.2, 0.25) is 0 Å². The number of ether oxygens (including phenoxy) is 2. The van der Waals surface area contributed by atoms with Crippen LogP contribution in [0.1, 0.15) is 19.8 Å². The van der Waals surface area contributed by atoms with Gasteiger partial charge in [-0.2, -0.15) is 0 Å². The third-order valence-electron chi connectivity index (χ3n) is 1.45. The Balaban J connectivity index is 0. The fraction of sp³-hybridized carbons (Fsp3) is 1.00. The average Bonchev–Trinajstić information content (AvgIpc) is 2.15. The van der Waals surface area contributed by atoms with Crippen LogP contribution in [0.25, 0.3) is 0 Å². The second-order valence-corrected chi connectivity index (χ2v) is 3.43. The maximum absolute atomic E-state index is 8.37. The maximum atomic E-state index is 8.37. The van der Waals surface area contributed by atoms with E-state index >= 15 is 0 Å². The van der Waals surface area contributed by atoms with E-state index in [1.807, 2.05) is 0 Å². The molecule has 0 aromatic heterocycles. The van der Waals surface area contributed by atoms with Gasteiger partial charge >= 0.3 is 35.9 Å². The van der Waals surface area contributed by atoms with Gasteiger partial charge in [-0.3, -0.25) is 0 Å². The molecule has 15 heavy (non-hydrogen) atoms. The Hall–Kier alpha value is 1.15. The molecule has 0 saturated carbocycles. The predicted octanol–water partition coefficient (Wildman–Crippen LogP) is 0.132. The number of hydrogen-bond donors (Lipinski definition) is 2. The van der Waals surface area contributed by atoms with Crippen LogP contribution in [0, 0.1) is 0 Å². The van der Waals surface area contributed by atoms with E-state index in [9.17, 15) is 0 Å². The molecule has 92 valence electrons. The Morgan fingerprint density at radius 3 is 2.00 bits per heavy atom. The molecule has 0 bridgehead atoms. The summed E-state index contributed by atoms with van der Waals surface area (Å²) in [6, 6.07) is 0. The van der Waals surface area contributed by atoms with Crippen molar-refractivity contribution in [1.29, 1.82) is 0 Å². The van der Waals surface area contributed by atoms with Crippen molar-refractivity contribution >= 4 is 35.9 Å². The zero-order valence-corrected chi connectivity index (χ0v) is 15.6. The van der Waals surface area contributed by atoms with E-state index in [1.54, 1.807) is 0 Å². The standard InChI is InChI=1S/C8H19O5P.Pb.2H/c1-2-3-4-11-5-6-12-7-8-13-14(9)10;;;/h9-10H,2-8H2,1H3;;;. The molecule has 2 radical (unpaired) electrons. The molecule has 0 heterocycles. The molecule has 0 aromatic carbocycles. The third-order valence-corrected chi connectivity index (χ3v) is 1.86. The van der Waals surface area contributed by atoms with Crippen LogP contribution in [0.5, 0.6) is 0 Å². The van der Waals surface area contributed by atoms with Crippen molar-refractivity contribution in [2.75, 3.05) is 33.0 Å². The summed E-state index contributed by atoms with van der Waals surface area (Å²) in [5.74, 6) is 0. The monoisotopic (exact) mass is 436 g/mol. The van der Waals surface area contributed by atoms with E-state index in [1.165, 1.54) is 0 Å². The van der Waals surface area contributed by atoms with E-state index in [4.69, 9.17) is 19.3 Å². The molecule has 7 heteroatoms. The van der Waals surface area contributed by atoms with Crippen LogP contribution in [-0.2, 0) is 14.0 Å². The summed E-state index contributed by atoms with van der Waals surface area (Å²) >= 11 is 0. The third kappa shape index (κ3) is 17.7. The molecular weight excluding hydrogens is 414 g/mol. The van der Waals surface area contributed by atoms with Gasteiger partial charge in [-0.05, 0) is 6.42 Å². The Morgan fingerprint density at radius 2 is 1.47 bits per heavy atom. The fourth-order valence-electron chi connectivity index (χ4n) is 0.746. The second kappa shape index (κ2) is 15.2. The molecule has 2 N–H and O–H groups in total. The Labute approximate surface area is 112 Å². The van der Waals surface area contributed by atoms with Gasteiger partial charge in [0.15, 0.2) is 0 Å². The molecule has 0 amide bonds. The number of unbranched alkanes of at least 4 members (excludes halogenated alkanes) is 1. The first-order chi connectivity index (χ1) is 6.77. The quantitative estimate of drug-likeness (QED) is 0.290. The van der Waals surface area contributed by atoms with Crippen LogP contribution < -0.4 is 0 Å². The van der Waals surface area contributed by atoms with Gasteiger partial charge in [0.05, 0.1) is 26.4 Å². The fourth-order valence-corrected chi connectivity index (χ4v) is 0.984. The average molecular weight is 435 g/mol. The first-order valence-electron chi connectivity index (χ1n) is 4.73. The summed E-state index contributed by atoms with van der Waals surface area (Å²) < 4.78 is 14.8. The summed E-state index contributed by atoms with van der Waals surface area (Å²) in [6.07, 6.45) is 2.20. The van der Waals surface area contributed by atoms with Gasteiger partial charge in [-0.1, -0.05) is 13.3 Å². The molecule has 0 rings (SSSR count). The van der Waals surface area contributed by atoms with Gasteiger partial charge in [0.1, 0.15) is 0 Å². The molecular formula is C8H21O5PPb. The molecule has 0 fully saturated rings. The van der Waals surface area contributed by atoms with E-state index in [0.717, 1.165) is 19.4 Å². The summed E-state index contributed by atoms with van der Waals surface area (Å²) in [5, 5.41) is 0. The summed E-state index contributed by atoms with van der Waals surface area (Å²) in [6.45, 7) is 4.54. The van der Waals surface area contributed by atoms with Crippen molar-refractivity contribution in [2.24, 2.45) is 0 Å². The second-order valence-electron chi connectivity index (χ2n) is 2.66. The molecule has 0 aliphatic rings. The minimum atomic E-state index is -2.24. The van der Waals surface area contributed by atoms with Gasteiger partial charge in [0.25, 0.3) is 0 Å². The van der Waals surface area contributed by atoms with Gasteiger partial charge in [0, 0.05) is 6.61 Å². The van der Waals surface area contributed by atoms with Crippen molar-refractivity contribution in [1.82, 2.24) is 0 Å². The van der Waals surface area contributed by atoms with E-state index in [2.05, 4.69) is 11.4 Å². The topological polar surface area (TPSA) is 68.2 Å². The molecule has 0 aromatic rings. The zero-order chi connectivity index (χ0) is 10.6. The minimum absolute atomic E-state index is 0. The SMILES string of the molecule is CCCCOCCOCCOP(O)O.[PbH2]. The van der Waals surface area contributed by atoms with E-state index in [0.29, 0.717) is 19.8 Å². The number of rotatable bonds is 10. The summed E-state index contributed by atoms with van der Waals surface area (Å²) in [5.41, 5.74) is 0. The zero-order valence-electron chi connectivity index (χ0n) is 9.22. The predicted molar refractivity (Wildman–Crippen MR) is 62.4 cm³/mol. The first-order valence-corrected chi connectivity index (χ1v) is 5.90. The molecule has 0 saturated heterocycles. The normalized spacial score (nSPS) is 10.4. The van der Waals surface area contributed by atoms with Crippen molar-refractivity contribution < 1.29 is 23.8 Å². The summed E-state index contributed by atoms with van der Waals surface area (Å²) in [4.78, 5) is 16.7. The van der Waals surface area contributed by atoms with Crippen LogP contribution >= 0.6 is 8.60 Å². The molecule has 0 aliphatic heterocycles. The van der Waals surface area contributed by atoms with Crippen molar-refractivity contribution in [2.45, 2.75) is 19.8 Å². The summed E-state index contributed by atoms with van der Waals surface area (Å²) in [7, 11) is -2.24. The molecule has 5 nitrogen and oxygen atoms in total. The van der Waals surface area contributed by atoms with E-state index in [-0.39, 0.29) is 33.9 Å². The Morgan fingerprint density at radius 1 is 0.933 bits per heavy atom.